The maximum Gasteiger partial charge on any atom is 0.257 e. The molecule has 0 aliphatic rings. The van der Waals surface area contributed by atoms with E-state index < -0.39 is 40.9 Å². The van der Waals surface area contributed by atoms with Gasteiger partial charge in [-0.05, 0) is 42.7 Å². The Morgan fingerprint density at radius 2 is 1.75 bits per heavy atom. The molecule has 1 atom stereocenters. The molecular weight excluding hydrogens is 421 g/mol. The van der Waals surface area contributed by atoms with Gasteiger partial charge in [-0.25, -0.2) is 18.2 Å². The van der Waals surface area contributed by atoms with Gasteiger partial charge in [0.1, 0.15) is 34.9 Å². The minimum absolute atomic E-state index is 0.00605. The molecule has 1 unspecified atom stereocenters. The molecule has 2 amide bonds. The number of nitrogens with one attached hydrogen (secondary N) is 2. The number of benzene rings is 2. The van der Waals surface area contributed by atoms with E-state index >= 15 is 0 Å². The first kappa shape index (κ1) is 23.1. The van der Waals surface area contributed by atoms with E-state index in [0.717, 1.165) is 18.2 Å². The highest BCUT2D eigenvalue weighted by Crippen LogP contribution is 2.17. The SMILES string of the molecule is Cc1nccn1-c1ccc(CNC(=O)C(NC(=O)c2c(F)cccc2F)C(C)C)cc1F. The maximum absolute atomic E-state index is 14.6. The third-order valence-electron chi connectivity index (χ3n) is 4.99. The highest BCUT2D eigenvalue weighted by atomic mass is 19.1. The van der Waals surface area contributed by atoms with E-state index in [4.69, 9.17) is 0 Å². The highest BCUT2D eigenvalue weighted by molar-refractivity contribution is 5.98. The third-order valence-corrected chi connectivity index (χ3v) is 4.99. The van der Waals surface area contributed by atoms with E-state index in [2.05, 4.69) is 15.6 Å². The molecule has 9 heteroatoms. The fourth-order valence-corrected chi connectivity index (χ4v) is 3.25. The van der Waals surface area contributed by atoms with E-state index in [0.29, 0.717) is 17.1 Å². The Hall–Kier alpha value is -3.62. The first-order valence-electron chi connectivity index (χ1n) is 10.0. The summed E-state index contributed by atoms with van der Waals surface area (Å²) < 4.78 is 43.9. The van der Waals surface area contributed by atoms with Crippen molar-refractivity contribution in [3.8, 4) is 5.69 Å². The van der Waals surface area contributed by atoms with E-state index in [9.17, 15) is 22.8 Å². The van der Waals surface area contributed by atoms with Gasteiger partial charge in [-0.2, -0.15) is 0 Å². The van der Waals surface area contributed by atoms with Crippen LogP contribution in [0.25, 0.3) is 5.69 Å². The van der Waals surface area contributed by atoms with E-state index in [1.807, 2.05) is 0 Å². The largest absolute Gasteiger partial charge is 0.350 e. The van der Waals surface area contributed by atoms with Crippen molar-refractivity contribution in [2.24, 2.45) is 5.92 Å². The topological polar surface area (TPSA) is 76.0 Å². The maximum atomic E-state index is 14.6. The monoisotopic (exact) mass is 444 g/mol. The van der Waals surface area contributed by atoms with Gasteiger partial charge in [0.2, 0.25) is 5.91 Å². The molecule has 0 aliphatic heterocycles. The predicted molar refractivity (Wildman–Crippen MR) is 113 cm³/mol. The second-order valence-electron chi connectivity index (χ2n) is 7.64. The summed E-state index contributed by atoms with van der Waals surface area (Å²) in [6.07, 6.45) is 3.21. The molecule has 168 valence electrons. The zero-order valence-electron chi connectivity index (χ0n) is 17.8. The molecule has 0 fully saturated rings. The Morgan fingerprint density at radius 1 is 1.06 bits per heavy atom. The van der Waals surface area contributed by atoms with Gasteiger partial charge in [0.25, 0.3) is 5.91 Å². The van der Waals surface area contributed by atoms with Crippen LogP contribution in [0.5, 0.6) is 0 Å². The van der Waals surface area contributed by atoms with Crippen LogP contribution in [0.2, 0.25) is 0 Å². The Labute approximate surface area is 183 Å². The molecule has 0 saturated heterocycles. The number of nitrogens with zero attached hydrogens (tertiary/aromatic N) is 2. The van der Waals surface area contributed by atoms with Crippen LogP contribution in [-0.4, -0.2) is 27.4 Å². The minimum atomic E-state index is -1.04. The normalized spacial score (nSPS) is 12.0. The number of halogens is 3. The summed E-state index contributed by atoms with van der Waals surface area (Å²) in [6.45, 7) is 5.13. The molecule has 1 heterocycles. The number of aromatic nitrogens is 2. The number of rotatable bonds is 7. The van der Waals surface area contributed by atoms with Crippen LogP contribution < -0.4 is 10.6 Å². The van der Waals surface area contributed by atoms with Gasteiger partial charge in [-0.3, -0.25) is 9.59 Å². The van der Waals surface area contributed by atoms with Gasteiger partial charge in [0.05, 0.1) is 5.69 Å². The number of carbonyl (C=O) groups excluding carboxylic acids is 2. The number of aryl methyl sites for hydroxylation is 1. The highest BCUT2D eigenvalue weighted by Gasteiger charge is 2.27. The lowest BCUT2D eigenvalue weighted by Crippen LogP contribution is -2.49. The number of amides is 2. The lowest BCUT2D eigenvalue weighted by molar-refractivity contribution is -0.124. The van der Waals surface area contributed by atoms with Crippen molar-refractivity contribution in [1.29, 1.82) is 0 Å². The van der Waals surface area contributed by atoms with Crippen LogP contribution in [-0.2, 0) is 11.3 Å². The molecule has 0 spiro atoms. The molecule has 3 rings (SSSR count). The van der Waals surface area contributed by atoms with Crippen molar-refractivity contribution in [3.05, 3.63) is 83.2 Å². The van der Waals surface area contributed by atoms with Crippen molar-refractivity contribution in [3.63, 3.8) is 0 Å². The summed E-state index contributed by atoms with van der Waals surface area (Å²) in [7, 11) is 0. The van der Waals surface area contributed by atoms with Gasteiger partial charge in [-0.1, -0.05) is 26.0 Å². The summed E-state index contributed by atoms with van der Waals surface area (Å²) in [6, 6.07) is 6.57. The number of hydrogen-bond acceptors (Lipinski definition) is 3. The standard InChI is InChI=1S/C23H23F3N4O2/c1-13(2)21(29-22(31)20-16(24)5-4-6-17(20)25)23(32)28-12-15-7-8-19(18(26)11-15)30-10-9-27-14(30)3/h4-11,13,21H,12H2,1-3H3,(H,28,32)(H,29,31). The van der Waals surface area contributed by atoms with Crippen molar-refractivity contribution in [2.75, 3.05) is 0 Å². The first-order valence-corrected chi connectivity index (χ1v) is 10.0. The average molecular weight is 444 g/mol. The molecule has 6 nitrogen and oxygen atoms in total. The first-order chi connectivity index (χ1) is 15.2. The molecule has 2 N–H and O–H groups in total. The molecule has 0 saturated carbocycles. The fourth-order valence-electron chi connectivity index (χ4n) is 3.25. The number of carbonyl (C=O) groups is 2. The summed E-state index contributed by atoms with van der Waals surface area (Å²) >= 11 is 0. The van der Waals surface area contributed by atoms with Gasteiger partial charge in [-0.15, -0.1) is 0 Å². The molecule has 1 aromatic heterocycles. The van der Waals surface area contributed by atoms with Gasteiger partial charge in [0.15, 0.2) is 0 Å². The predicted octanol–water partition coefficient (Wildman–Crippen LogP) is 3.67. The van der Waals surface area contributed by atoms with Crippen LogP contribution in [0, 0.1) is 30.3 Å². The van der Waals surface area contributed by atoms with Crippen LogP contribution >= 0.6 is 0 Å². The van der Waals surface area contributed by atoms with Crippen molar-refractivity contribution in [2.45, 2.75) is 33.4 Å². The summed E-state index contributed by atoms with van der Waals surface area (Å²) in [5, 5.41) is 5.01. The zero-order valence-corrected chi connectivity index (χ0v) is 17.8. The van der Waals surface area contributed by atoms with Gasteiger partial charge < -0.3 is 15.2 Å². The average Bonchev–Trinajstić information content (AvgIpc) is 3.15. The Balaban J connectivity index is 1.68. The van der Waals surface area contributed by atoms with Crippen LogP contribution in [0.1, 0.15) is 35.6 Å². The van der Waals surface area contributed by atoms with Crippen molar-refractivity contribution in [1.82, 2.24) is 20.2 Å². The molecule has 0 aliphatic carbocycles. The van der Waals surface area contributed by atoms with Gasteiger partial charge >= 0.3 is 0 Å². The second kappa shape index (κ2) is 9.67. The van der Waals surface area contributed by atoms with E-state index in [1.165, 1.54) is 6.07 Å². The fraction of sp³-hybridized carbons (Fsp3) is 0.261. The quantitative estimate of drug-likeness (QED) is 0.584. The molecule has 32 heavy (non-hydrogen) atoms. The third kappa shape index (κ3) is 4.99. The summed E-state index contributed by atoms with van der Waals surface area (Å²) in [5.74, 6) is -3.84. The molecule has 2 aromatic carbocycles. The van der Waals surface area contributed by atoms with E-state index in [1.54, 1.807) is 49.9 Å². The molecule has 0 bridgehead atoms. The lowest BCUT2D eigenvalue weighted by atomic mass is 10.0. The van der Waals surface area contributed by atoms with Gasteiger partial charge in [0, 0.05) is 18.9 Å². The summed E-state index contributed by atoms with van der Waals surface area (Å²) in [5.41, 5.74) is 0.0825. The Kier molecular flexibility index (Phi) is 6.97. The zero-order chi connectivity index (χ0) is 23.4. The van der Waals surface area contributed by atoms with Crippen LogP contribution in [0.3, 0.4) is 0 Å². The minimum Gasteiger partial charge on any atom is -0.350 e. The smallest absolute Gasteiger partial charge is 0.257 e. The van der Waals surface area contributed by atoms with E-state index in [-0.39, 0.29) is 12.5 Å². The Bertz CT molecular complexity index is 1120. The van der Waals surface area contributed by atoms with Crippen molar-refractivity contribution < 1.29 is 22.8 Å². The van der Waals surface area contributed by atoms with Crippen LogP contribution in [0.15, 0.2) is 48.8 Å². The van der Waals surface area contributed by atoms with Crippen LogP contribution in [0.4, 0.5) is 13.2 Å². The molecule has 3 aromatic rings. The number of imidazole rings is 1. The lowest BCUT2D eigenvalue weighted by Gasteiger charge is -2.22. The number of hydrogen-bond donors (Lipinski definition) is 2. The molecule has 0 radical (unpaired) electrons. The second-order valence-corrected chi connectivity index (χ2v) is 7.64. The van der Waals surface area contributed by atoms with Crippen molar-refractivity contribution >= 4 is 11.8 Å². The molecular formula is C23H23F3N4O2. The Morgan fingerprint density at radius 3 is 2.31 bits per heavy atom. The summed E-state index contributed by atoms with van der Waals surface area (Å²) in [4.78, 5) is 29.1.